The van der Waals surface area contributed by atoms with Gasteiger partial charge < -0.3 is 15.3 Å². The number of rotatable bonds is 5. The van der Waals surface area contributed by atoms with E-state index in [0.717, 1.165) is 9.75 Å². The summed E-state index contributed by atoms with van der Waals surface area (Å²) < 4.78 is 0. The van der Waals surface area contributed by atoms with Crippen molar-refractivity contribution in [2.75, 3.05) is 0 Å². The molecule has 0 aliphatic rings. The van der Waals surface area contributed by atoms with Crippen LogP contribution in [0.1, 0.15) is 15.7 Å². The summed E-state index contributed by atoms with van der Waals surface area (Å²) in [6.07, 6.45) is 1.12. The first kappa shape index (κ1) is 17.6. The van der Waals surface area contributed by atoms with Crippen LogP contribution in [0.25, 0.3) is 0 Å². The lowest BCUT2D eigenvalue weighted by atomic mass is 10.1. The standard InChI is InChI=1S/C10H8O2S2.C4H4O4/c11-10(12)9(7-3-1-5-13-7)8-4-2-6-14-8;5-3(6)1-2-4(7)8/h1-6,9H,(H,11,12);1-2H,(H,5,6)(H,7,8)/b;2-1+. The minimum atomic E-state index is -1.26. The molecule has 116 valence electrons. The van der Waals surface area contributed by atoms with Crippen molar-refractivity contribution in [2.45, 2.75) is 5.92 Å². The third kappa shape index (κ3) is 5.90. The summed E-state index contributed by atoms with van der Waals surface area (Å²) >= 11 is 2.97. The molecule has 0 fully saturated rings. The molecule has 0 amide bonds. The summed E-state index contributed by atoms with van der Waals surface area (Å²) in [5, 5.41) is 28.6. The van der Waals surface area contributed by atoms with Crippen LogP contribution in [0.5, 0.6) is 0 Å². The number of hydrogen-bond donors (Lipinski definition) is 3. The van der Waals surface area contributed by atoms with E-state index in [4.69, 9.17) is 15.3 Å². The number of carboxylic acid groups (broad SMARTS) is 3. The third-order valence-corrected chi connectivity index (χ3v) is 4.15. The molecular formula is C14H12O6S2. The fourth-order valence-electron chi connectivity index (χ4n) is 1.44. The number of hydrogen-bond acceptors (Lipinski definition) is 5. The number of aliphatic carboxylic acids is 3. The lowest BCUT2D eigenvalue weighted by Gasteiger charge is -2.06. The number of thiophene rings is 2. The second-order valence-electron chi connectivity index (χ2n) is 3.81. The molecule has 0 aliphatic carbocycles. The van der Waals surface area contributed by atoms with Gasteiger partial charge in [0.05, 0.1) is 0 Å². The second kappa shape index (κ2) is 8.75. The molecule has 2 aromatic heterocycles. The van der Waals surface area contributed by atoms with E-state index in [2.05, 4.69) is 0 Å². The van der Waals surface area contributed by atoms with E-state index in [1.165, 1.54) is 22.7 Å². The molecule has 3 N–H and O–H groups in total. The maximum atomic E-state index is 11.1. The van der Waals surface area contributed by atoms with Crippen LogP contribution in [-0.4, -0.2) is 33.2 Å². The molecule has 0 atom stereocenters. The second-order valence-corrected chi connectivity index (χ2v) is 5.77. The molecule has 6 nitrogen and oxygen atoms in total. The molecule has 22 heavy (non-hydrogen) atoms. The van der Waals surface area contributed by atoms with Crippen LogP contribution < -0.4 is 0 Å². The first-order chi connectivity index (χ1) is 10.4. The molecule has 0 bridgehead atoms. The highest BCUT2D eigenvalue weighted by Crippen LogP contribution is 2.31. The molecule has 0 spiro atoms. The van der Waals surface area contributed by atoms with Crippen LogP contribution in [-0.2, 0) is 14.4 Å². The number of carbonyl (C=O) groups is 3. The van der Waals surface area contributed by atoms with Gasteiger partial charge in [0, 0.05) is 21.9 Å². The molecule has 2 aromatic rings. The van der Waals surface area contributed by atoms with Crippen molar-refractivity contribution in [3.8, 4) is 0 Å². The summed E-state index contributed by atoms with van der Waals surface area (Å²) in [7, 11) is 0. The number of carboxylic acids is 3. The minimum absolute atomic E-state index is 0.491. The maximum absolute atomic E-state index is 11.1. The van der Waals surface area contributed by atoms with Crippen LogP contribution in [0, 0.1) is 0 Å². The van der Waals surface area contributed by atoms with E-state index in [1.807, 2.05) is 35.0 Å². The van der Waals surface area contributed by atoms with Crippen LogP contribution in [0.2, 0.25) is 0 Å². The Bertz CT molecular complexity index is 593. The summed E-state index contributed by atoms with van der Waals surface area (Å²) in [6, 6.07) is 7.49. The monoisotopic (exact) mass is 340 g/mol. The maximum Gasteiger partial charge on any atom is 0.328 e. The molecule has 0 aliphatic heterocycles. The van der Waals surface area contributed by atoms with Crippen molar-refractivity contribution < 1.29 is 29.7 Å². The summed E-state index contributed by atoms with van der Waals surface area (Å²) in [5.74, 6) is -3.79. The van der Waals surface area contributed by atoms with Crippen LogP contribution >= 0.6 is 22.7 Å². The molecule has 2 rings (SSSR count). The van der Waals surface area contributed by atoms with Crippen molar-refractivity contribution in [2.24, 2.45) is 0 Å². The quantitative estimate of drug-likeness (QED) is 0.722. The van der Waals surface area contributed by atoms with Crippen LogP contribution in [0.3, 0.4) is 0 Å². The minimum Gasteiger partial charge on any atom is -0.480 e. The van der Waals surface area contributed by atoms with Crippen molar-refractivity contribution >= 4 is 40.6 Å². The Hall–Kier alpha value is -2.45. The highest BCUT2D eigenvalue weighted by atomic mass is 32.1. The lowest BCUT2D eigenvalue weighted by molar-refractivity contribution is -0.137. The van der Waals surface area contributed by atoms with Gasteiger partial charge in [0.25, 0.3) is 0 Å². The zero-order chi connectivity index (χ0) is 16.5. The largest absolute Gasteiger partial charge is 0.480 e. The fraction of sp³-hybridized carbons (Fsp3) is 0.0714. The van der Waals surface area contributed by atoms with Gasteiger partial charge in [-0.05, 0) is 22.9 Å². The molecule has 2 heterocycles. The van der Waals surface area contributed by atoms with Gasteiger partial charge in [0.15, 0.2) is 0 Å². The third-order valence-electron chi connectivity index (χ3n) is 2.27. The Labute approximate surface area is 133 Å². The summed E-state index contributed by atoms with van der Waals surface area (Å²) in [6.45, 7) is 0. The summed E-state index contributed by atoms with van der Waals surface area (Å²) in [4.78, 5) is 32.0. The zero-order valence-electron chi connectivity index (χ0n) is 11.1. The molecule has 0 saturated heterocycles. The van der Waals surface area contributed by atoms with Crippen molar-refractivity contribution in [3.05, 3.63) is 56.9 Å². The molecule has 8 heteroatoms. The van der Waals surface area contributed by atoms with Gasteiger partial charge >= 0.3 is 17.9 Å². The molecule has 0 aromatic carbocycles. The summed E-state index contributed by atoms with van der Waals surface area (Å²) in [5.41, 5.74) is 0. The van der Waals surface area contributed by atoms with E-state index in [9.17, 15) is 14.4 Å². The molecule has 0 unspecified atom stereocenters. The van der Waals surface area contributed by atoms with Gasteiger partial charge in [-0.25, -0.2) is 9.59 Å². The van der Waals surface area contributed by atoms with Gasteiger partial charge in [-0.3, -0.25) is 4.79 Å². The SMILES string of the molecule is O=C(O)/C=C/C(=O)O.O=C(O)C(c1cccs1)c1cccs1. The average Bonchev–Trinajstić information content (AvgIpc) is 3.11. The molecular weight excluding hydrogens is 328 g/mol. The highest BCUT2D eigenvalue weighted by Gasteiger charge is 2.23. The Morgan fingerprint density at radius 2 is 1.27 bits per heavy atom. The van der Waals surface area contributed by atoms with Crippen molar-refractivity contribution in [1.29, 1.82) is 0 Å². The first-order valence-electron chi connectivity index (χ1n) is 5.85. The van der Waals surface area contributed by atoms with Gasteiger partial charge in [0.2, 0.25) is 0 Å². The Morgan fingerprint density at radius 3 is 1.50 bits per heavy atom. The Kier molecular flexibility index (Phi) is 7.00. The first-order valence-corrected chi connectivity index (χ1v) is 7.61. The zero-order valence-corrected chi connectivity index (χ0v) is 12.7. The average molecular weight is 340 g/mol. The topological polar surface area (TPSA) is 112 Å². The van der Waals surface area contributed by atoms with E-state index in [1.54, 1.807) is 0 Å². The van der Waals surface area contributed by atoms with Gasteiger partial charge in [-0.1, -0.05) is 12.1 Å². The van der Waals surface area contributed by atoms with Gasteiger partial charge in [-0.2, -0.15) is 0 Å². The Balaban J connectivity index is 0.000000261. The predicted octanol–water partition coefficient (Wildman–Crippen LogP) is 2.74. The van der Waals surface area contributed by atoms with Crippen LogP contribution in [0.15, 0.2) is 47.2 Å². The Morgan fingerprint density at radius 1 is 0.864 bits per heavy atom. The van der Waals surface area contributed by atoms with E-state index in [0.29, 0.717) is 12.2 Å². The molecule has 0 saturated carbocycles. The van der Waals surface area contributed by atoms with Gasteiger partial charge in [-0.15, -0.1) is 22.7 Å². The van der Waals surface area contributed by atoms with Gasteiger partial charge in [0.1, 0.15) is 5.92 Å². The van der Waals surface area contributed by atoms with Crippen molar-refractivity contribution in [3.63, 3.8) is 0 Å². The molecule has 0 radical (unpaired) electrons. The lowest BCUT2D eigenvalue weighted by Crippen LogP contribution is -2.09. The van der Waals surface area contributed by atoms with E-state index < -0.39 is 23.8 Å². The van der Waals surface area contributed by atoms with E-state index in [-0.39, 0.29) is 0 Å². The highest BCUT2D eigenvalue weighted by molar-refractivity contribution is 7.11. The smallest absolute Gasteiger partial charge is 0.328 e. The predicted molar refractivity (Wildman–Crippen MR) is 82.5 cm³/mol. The van der Waals surface area contributed by atoms with E-state index >= 15 is 0 Å². The van der Waals surface area contributed by atoms with Crippen molar-refractivity contribution in [1.82, 2.24) is 0 Å². The van der Waals surface area contributed by atoms with Crippen LogP contribution in [0.4, 0.5) is 0 Å². The fourth-order valence-corrected chi connectivity index (χ4v) is 3.18. The normalized spacial score (nSPS) is 10.2.